The molecular weight excluding hydrogens is 218 g/mol. The van der Waals surface area contributed by atoms with Crippen molar-refractivity contribution in [1.82, 2.24) is 10.3 Å². The second kappa shape index (κ2) is 6.61. The fraction of sp³-hybridized carbons (Fsp3) is 0.417. The fourth-order valence-corrected chi connectivity index (χ4v) is 1.28. The Morgan fingerprint density at radius 1 is 1.65 bits per heavy atom. The molecule has 1 rings (SSSR count). The Morgan fingerprint density at radius 2 is 2.41 bits per heavy atom. The van der Waals surface area contributed by atoms with E-state index in [1.807, 2.05) is 6.07 Å². The van der Waals surface area contributed by atoms with Gasteiger partial charge in [0.25, 0.3) is 5.91 Å². The molecule has 0 spiro atoms. The van der Waals surface area contributed by atoms with Gasteiger partial charge in [0, 0.05) is 12.7 Å². The van der Waals surface area contributed by atoms with Crippen LogP contribution in [0.3, 0.4) is 0 Å². The molecule has 0 radical (unpaired) electrons. The summed E-state index contributed by atoms with van der Waals surface area (Å²) in [6, 6.07) is 5.01. The second-order valence-electron chi connectivity index (χ2n) is 3.79. The Morgan fingerprint density at radius 3 is 2.94 bits per heavy atom. The van der Waals surface area contributed by atoms with E-state index in [2.05, 4.69) is 10.3 Å². The monoisotopic (exact) mass is 233 g/mol. The van der Waals surface area contributed by atoms with Gasteiger partial charge in [-0.15, -0.1) is 0 Å². The largest absolute Gasteiger partial charge is 0.393 e. The van der Waals surface area contributed by atoms with Crippen molar-refractivity contribution in [3.63, 3.8) is 0 Å². The van der Waals surface area contributed by atoms with Crippen LogP contribution in [0.5, 0.6) is 0 Å². The van der Waals surface area contributed by atoms with Crippen LogP contribution in [0.2, 0.25) is 0 Å². The van der Waals surface area contributed by atoms with E-state index in [-0.39, 0.29) is 12.0 Å². The van der Waals surface area contributed by atoms with E-state index in [1.165, 1.54) is 12.3 Å². The molecule has 1 heterocycles. The minimum atomic E-state index is -0.347. The highest BCUT2D eigenvalue weighted by Gasteiger charge is 2.06. The van der Waals surface area contributed by atoms with Crippen molar-refractivity contribution in [3.8, 4) is 6.07 Å². The SMILES string of the molecule is CC(O)CCCNC(=O)c1ccc(C#N)cn1. The summed E-state index contributed by atoms with van der Waals surface area (Å²) in [5.74, 6) is -0.264. The number of carbonyl (C=O) groups is 1. The fourth-order valence-electron chi connectivity index (χ4n) is 1.28. The normalized spacial score (nSPS) is 11.6. The first kappa shape index (κ1) is 13.1. The highest BCUT2D eigenvalue weighted by molar-refractivity contribution is 5.92. The summed E-state index contributed by atoms with van der Waals surface area (Å²) in [4.78, 5) is 15.4. The van der Waals surface area contributed by atoms with Crippen molar-refractivity contribution < 1.29 is 9.90 Å². The molecule has 0 saturated heterocycles. The van der Waals surface area contributed by atoms with Crippen LogP contribution in [0.15, 0.2) is 18.3 Å². The molecule has 1 unspecified atom stereocenters. The first-order valence-corrected chi connectivity index (χ1v) is 5.46. The van der Waals surface area contributed by atoms with Crippen molar-refractivity contribution in [2.45, 2.75) is 25.9 Å². The predicted octanol–water partition coefficient (Wildman–Crippen LogP) is 0.844. The lowest BCUT2D eigenvalue weighted by molar-refractivity contribution is 0.0944. The molecular formula is C12H15N3O2. The number of nitrogens with zero attached hydrogens (tertiary/aromatic N) is 2. The van der Waals surface area contributed by atoms with E-state index >= 15 is 0 Å². The maximum atomic E-state index is 11.6. The molecule has 1 atom stereocenters. The van der Waals surface area contributed by atoms with Crippen molar-refractivity contribution >= 4 is 5.91 Å². The van der Waals surface area contributed by atoms with Crippen LogP contribution >= 0.6 is 0 Å². The number of aliphatic hydroxyl groups is 1. The molecule has 0 aliphatic rings. The molecule has 2 N–H and O–H groups in total. The molecule has 90 valence electrons. The number of nitrogens with one attached hydrogen (secondary N) is 1. The van der Waals surface area contributed by atoms with E-state index in [9.17, 15) is 4.79 Å². The first-order valence-electron chi connectivity index (χ1n) is 5.46. The van der Waals surface area contributed by atoms with Gasteiger partial charge in [0.2, 0.25) is 0 Å². The zero-order valence-corrected chi connectivity index (χ0v) is 9.68. The molecule has 1 aromatic rings. The van der Waals surface area contributed by atoms with E-state index in [0.717, 1.165) is 6.42 Å². The Kier molecular flexibility index (Phi) is 5.11. The summed E-state index contributed by atoms with van der Waals surface area (Å²) in [5.41, 5.74) is 0.719. The molecule has 17 heavy (non-hydrogen) atoms. The molecule has 0 aromatic carbocycles. The number of aromatic nitrogens is 1. The molecule has 1 amide bonds. The van der Waals surface area contributed by atoms with Gasteiger partial charge in [-0.25, -0.2) is 4.98 Å². The van der Waals surface area contributed by atoms with E-state index in [0.29, 0.717) is 24.2 Å². The smallest absolute Gasteiger partial charge is 0.269 e. The average molecular weight is 233 g/mol. The minimum absolute atomic E-state index is 0.264. The zero-order chi connectivity index (χ0) is 12.7. The molecule has 5 heteroatoms. The lowest BCUT2D eigenvalue weighted by Gasteiger charge is -2.05. The van der Waals surface area contributed by atoms with Crippen molar-refractivity contribution in [3.05, 3.63) is 29.6 Å². The minimum Gasteiger partial charge on any atom is -0.393 e. The summed E-state index contributed by atoms with van der Waals surface area (Å²) in [5, 5.41) is 20.3. The van der Waals surface area contributed by atoms with Crippen LogP contribution in [-0.2, 0) is 0 Å². The van der Waals surface area contributed by atoms with Gasteiger partial charge in [-0.1, -0.05) is 0 Å². The van der Waals surface area contributed by atoms with Crippen LogP contribution in [0, 0.1) is 11.3 Å². The molecule has 5 nitrogen and oxygen atoms in total. The zero-order valence-electron chi connectivity index (χ0n) is 9.68. The van der Waals surface area contributed by atoms with E-state index in [1.54, 1.807) is 13.0 Å². The van der Waals surface area contributed by atoms with Crippen LogP contribution in [0.4, 0.5) is 0 Å². The molecule has 0 bridgehead atoms. The van der Waals surface area contributed by atoms with Gasteiger partial charge in [0.05, 0.1) is 11.7 Å². The summed E-state index contributed by atoms with van der Waals surface area (Å²) >= 11 is 0. The third-order valence-electron chi connectivity index (χ3n) is 2.21. The average Bonchev–Trinajstić information content (AvgIpc) is 2.34. The van der Waals surface area contributed by atoms with Crippen molar-refractivity contribution in [1.29, 1.82) is 5.26 Å². The van der Waals surface area contributed by atoms with Gasteiger partial charge < -0.3 is 10.4 Å². The lowest BCUT2D eigenvalue weighted by Crippen LogP contribution is -2.25. The standard InChI is InChI=1S/C12H15N3O2/c1-9(16)3-2-6-14-12(17)11-5-4-10(7-13)8-15-11/h4-5,8-9,16H,2-3,6H2,1H3,(H,14,17). The second-order valence-corrected chi connectivity index (χ2v) is 3.79. The number of carbonyl (C=O) groups excluding carboxylic acids is 1. The number of rotatable bonds is 5. The number of amides is 1. The third kappa shape index (κ3) is 4.62. The lowest BCUT2D eigenvalue weighted by atomic mass is 10.2. The van der Waals surface area contributed by atoms with Gasteiger partial charge in [-0.3, -0.25) is 4.79 Å². The van der Waals surface area contributed by atoms with Crippen molar-refractivity contribution in [2.24, 2.45) is 0 Å². The highest BCUT2D eigenvalue weighted by atomic mass is 16.3. The predicted molar refractivity (Wildman–Crippen MR) is 62.2 cm³/mol. The maximum Gasteiger partial charge on any atom is 0.269 e. The van der Waals surface area contributed by atoms with Gasteiger partial charge in [-0.05, 0) is 31.9 Å². The van der Waals surface area contributed by atoms with Gasteiger partial charge >= 0.3 is 0 Å². The first-order chi connectivity index (χ1) is 8.13. The van der Waals surface area contributed by atoms with Gasteiger partial charge in [0.1, 0.15) is 11.8 Å². The molecule has 0 fully saturated rings. The summed E-state index contributed by atoms with van der Waals surface area (Å²) in [6.45, 7) is 2.22. The molecule has 0 aliphatic heterocycles. The topological polar surface area (TPSA) is 86.0 Å². The van der Waals surface area contributed by atoms with E-state index in [4.69, 9.17) is 10.4 Å². The Hall–Kier alpha value is -1.93. The summed E-state index contributed by atoms with van der Waals surface area (Å²) < 4.78 is 0. The number of aliphatic hydroxyl groups excluding tert-OH is 1. The Labute approximate surface area is 100 Å². The van der Waals surface area contributed by atoms with Crippen molar-refractivity contribution in [2.75, 3.05) is 6.54 Å². The molecule has 1 aromatic heterocycles. The number of pyridine rings is 1. The van der Waals surface area contributed by atoms with Crippen LogP contribution in [-0.4, -0.2) is 28.6 Å². The van der Waals surface area contributed by atoms with Crippen LogP contribution < -0.4 is 5.32 Å². The highest BCUT2D eigenvalue weighted by Crippen LogP contribution is 1.99. The third-order valence-corrected chi connectivity index (χ3v) is 2.21. The number of nitriles is 1. The van der Waals surface area contributed by atoms with Crippen LogP contribution in [0.25, 0.3) is 0 Å². The molecule has 0 aliphatic carbocycles. The Balaban J connectivity index is 2.39. The number of hydrogen-bond acceptors (Lipinski definition) is 4. The van der Waals surface area contributed by atoms with Crippen LogP contribution in [0.1, 0.15) is 35.8 Å². The quantitative estimate of drug-likeness (QED) is 0.738. The van der Waals surface area contributed by atoms with Gasteiger partial charge in [0.15, 0.2) is 0 Å². The number of hydrogen-bond donors (Lipinski definition) is 2. The molecule has 0 saturated carbocycles. The van der Waals surface area contributed by atoms with Gasteiger partial charge in [-0.2, -0.15) is 5.26 Å². The maximum absolute atomic E-state index is 11.6. The Bertz CT molecular complexity index is 407. The summed E-state index contributed by atoms with van der Waals surface area (Å²) in [7, 11) is 0. The van der Waals surface area contributed by atoms with E-state index < -0.39 is 0 Å². The summed E-state index contributed by atoms with van der Waals surface area (Å²) in [6.07, 6.45) is 2.39.